The smallest absolute Gasteiger partial charge is 0.277 e. The molecule has 0 saturated heterocycles. The van der Waals surface area contributed by atoms with Crippen LogP contribution < -0.4 is 10.8 Å². The van der Waals surface area contributed by atoms with Gasteiger partial charge in [-0.2, -0.15) is 0 Å². The molecule has 0 spiro atoms. The van der Waals surface area contributed by atoms with Gasteiger partial charge in [0.1, 0.15) is 5.82 Å². The summed E-state index contributed by atoms with van der Waals surface area (Å²) >= 11 is 1.88. The Morgan fingerprint density at radius 3 is 2.50 bits per heavy atom. The van der Waals surface area contributed by atoms with Gasteiger partial charge in [0.2, 0.25) is 0 Å². The Hall–Kier alpha value is -1.88. The Kier molecular flexibility index (Phi) is 5.66. The summed E-state index contributed by atoms with van der Waals surface area (Å²) < 4.78 is 56.0. The van der Waals surface area contributed by atoms with Crippen molar-refractivity contribution in [1.29, 1.82) is 0 Å². The normalized spacial score (nSPS) is 13.6. The molecule has 1 aliphatic carbocycles. The molecule has 138 valence electrons. The number of hydrogen-bond acceptors (Lipinski definition) is 3. The first-order chi connectivity index (χ1) is 12.4. The van der Waals surface area contributed by atoms with E-state index in [-0.39, 0.29) is 12.3 Å². The molecule has 1 aliphatic rings. The minimum atomic E-state index is -1.77. The topological polar surface area (TPSA) is 50.4 Å². The lowest BCUT2D eigenvalue weighted by Gasteiger charge is -2.15. The minimum absolute atomic E-state index is 0.191. The molecule has 0 radical (unpaired) electrons. The molecule has 0 aliphatic heterocycles. The van der Waals surface area contributed by atoms with Crippen LogP contribution in [0.1, 0.15) is 23.2 Å². The average Bonchev–Trinajstić information content (AvgIpc) is 3.41. The van der Waals surface area contributed by atoms with Gasteiger partial charge in [-0.1, -0.05) is 0 Å². The quantitative estimate of drug-likeness (QED) is 0.274. The summed E-state index contributed by atoms with van der Waals surface area (Å²) in [5, 5.41) is 2.32. The van der Waals surface area contributed by atoms with Crippen LogP contribution in [0.4, 0.5) is 28.9 Å². The first-order valence-corrected chi connectivity index (χ1v) is 8.76. The SMILES string of the molecule is O=C(NOCC1CC1)c1cc(F)c(F)c(F)c1Nc1ccc(I)cc1F. The van der Waals surface area contributed by atoms with Gasteiger partial charge in [0.05, 0.1) is 23.5 Å². The molecule has 0 unspecified atom stereocenters. The second-order valence-electron chi connectivity index (χ2n) is 5.84. The fourth-order valence-electron chi connectivity index (χ4n) is 2.19. The average molecular weight is 480 g/mol. The van der Waals surface area contributed by atoms with Crippen molar-refractivity contribution in [2.75, 3.05) is 11.9 Å². The van der Waals surface area contributed by atoms with Crippen molar-refractivity contribution < 1.29 is 27.2 Å². The highest BCUT2D eigenvalue weighted by Gasteiger charge is 2.25. The van der Waals surface area contributed by atoms with Crippen LogP contribution in [-0.2, 0) is 4.84 Å². The molecular weight excluding hydrogens is 467 g/mol. The number of halogens is 5. The van der Waals surface area contributed by atoms with E-state index in [9.17, 15) is 22.4 Å². The molecule has 2 N–H and O–H groups in total. The molecule has 1 saturated carbocycles. The highest BCUT2D eigenvalue weighted by Crippen LogP contribution is 2.31. The number of rotatable bonds is 6. The van der Waals surface area contributed by atoms with E-state index in [0.29, 0.717) is 15.6 Å². The van der Waals surface area contributed by atoms with Crippen molar-refractivity contribution in [1.82, 2.24) is 5.48 Å². The summed E-state index contributed by atoms with van der Waals surface area (Å²) in [5.74, 6) is -6.31. The van der Waals surface area contributed by atoms with E-state index in [2.05, 4.69) is 10.8 Å². The third kappa shape index (κ3) is 4.26. The van der Waals surface area contributed by atoms with E-state index in [1.165, 1.54) is 18.2 Å². The predicted octanol–water partition coefficient (Wildman–Crippen LogP) is 4.66. The minimum Gasteiger partial charge on any atom is -0.350 e. The molecule has 0 aromatic heterocycles. The lowest BCUT2D eigenvalue weighted by atomic mass is 10.1. The van der Waals surface area contributed by atoms with E-state index in [1.807, 2.05) is 22.6 Å². The van der Waals surface area contributed by atoms with Crippen molar-refractivity contribution >= 4 is 39.9 Å². The first-order valence-electron chi connectivity index (χ1n) is 7.68. The van der Waals surface area contributed by atoms with Gasteiger partial charge in [-0.3, -0.25) is 9.63 Å². The number of hydrogen-bond donors (Lipinski definition) is 2. The summed E-state index contributed by atoms with van der Waals surface area (Å²) in [6.45, 7) is 0.270. The van der Waals surface area contributed by atoms with Gasteiger partial charge in [0.15, 0.2) is 17.5 Å². The Bertz CT molecular complexity index is 859. The molecule has 0 bridgehead atoms. The molecule has 9 heteroatoms. The molecule has 3 rings (SSSR count). The fourth-order valence-corrected chi connectivity index (χ4v) is 2.64. The van der Waals surface area contributed by atoms with Crippen LogP contribution >= 0.6 is 22.6 Å². The van der Waals surface area contributed by atoms with Crippen LogP contribution in [0, 0.1) is 32.8 Å². The van der Waals surface area contributed by atoms with E-state index in [0.717, 1.165) is 12.8 Å². The fraction of sp³-hybridized carbons (Fsp3) is 0.235. The van der Waals surface area contributed by atoms with Gasteiger partial charge >= 0.3 is 0 Å². The number of nitrogens with one attached hydrogen (secondary N) is 2. The zero-order valence-corrected chi connectivity index (χ0v) is 15.4. The van der Waals surface area contributed by atoms with Crippen LogP contribution in [0.25, 0.3) is 0 Å². The summed E-state index contributed by atoms with van der Waals surface area (Å²) in [7, 11) is 0. The number of benzene rings is 2. The summed E-state index contributed by atoms with van der Waals surface area (Å²) in [6, 6.07) is 4.52. The number of carbonyl (C=O) groups excluding carboxylic acids is 1. The number of hydroxylamine groups is 1. The first kappa shape index (κ1) is 18.9. The zero-order chi connectivity index (χ0) is 18.8. The molecule has 1 amide bonds. The molecule has 2 aromatic rings. The van der Waals surface area contributed by atoms with Crippen molar-refractivity contribution in [2.45, 2.75) is 12.8 Å². The molecule has 1 fully saturated rings. The second-order valence-corrected chi connectivity index (χ2v) is 7.09. The molecule has 26 heavy (non-hydrogen) atoms. The maximum atomic E-state index is 14.2. The van der Waals surface area contributed by atoms with Crippen LogP contribution in [0.2, 0.25) is 0 Å². The van der Waals surface area contributed by atoms with Crippen LogP contribution in [0.5, 0.6) is 0 Å². The van der Waals surface area contributed by atoms with Gasteiger partial charge in [0, 0.05) is 3.57 Å². The predicted molar refractivity (Wildman–Crippen MR) is 94.9 cm³/mol. The van der Waals surface area contributed by atoms with Crippen molar-refractivity contribution in [3.05, 3.63) is 56.7 Å². The zero-order valence-electron chi connectivity index (χ0n) is 13.2. The molecular formula is C17H13F4IN2O2. The van der Waals surface area contributed by atoms with E-state index in [4.69, 9.17) is 4.84 Å². The Morgan fingerprint density at radius 1 is 1.12 bits per heavy atom. The molecule has 0 atom stereocenters. The maximum absolute atomic E-state index is 14.2. The Morgan fingerprint density at radius 2 is 1.85 bits per heavy atom. The van der Waals surface area contributed by atoms with Crippen molar-refractivity contribution in [2.24, 2.45) is 5.92 Å². The van der Waals surface area contributed by atoms with Crippen LogP contribution in [0.3, 0.4) is 0 Å². The standard InChI is InChI=1S/C17H13F4IN2O2/c18-11-5-9(22)3-4-13(11)23-16-10(6-12(19)14(20)15(16)21)17(25)24-26-7-8-1-2-8/h3-6,8,23H,1-2,7H2,(H,24,25). The molecule has 4 nitrogen and oxygen atoms in total. The highest BCUT2D eigenvalue weighted by molar-refractivity contribution is 14.1. The summed E-state index contributed by atoms with van der Waals surface area (Å²) in [6.07, 6.45) is 1.96. The molecule has 0 heterocycles. The third-order valence-electron chi connectivity index (χ3n) is 3.78. The van der Waals surface area contributed by atoms with Crippen LogP contribution in [0.15, 0.2) is 24.3 Å². The number of amides is 1. The van der Waals surface area contributed by atoms with E-state index in [1.54, 1.807) is 0 Å². The third-order valence-corrected chi connectivity index (χ3v) is 4.45. The lowest BCUT2D eigenvalue weighted by molar-refractivity contribution is 0.0270. The van der Waals surface area contributed by atoms with Crippen molar-refractivity contribution in [3.8, 4) is 0 Å². The van der Waals surface area contributed by atoms with Gasteiger partial charge in [-0.25, -0.2) is 23.0 Å². The van der Waals surface area contributed by atoms with Gasteiger partial charge < -0.3 is 5.32 Å². The van der Waals surface area contributed by atoms with E-state index < -0.39 is 40.4 Å². The number of carbonyl (C=O) groups is 1. The van der Waals surface area contributed by atoms with Crippen molar-refractivity contribution in [3.63, 3.8) is 0 Å². The highest BCUT2D eigenvalue weighted by atomic mass is 127. The summed E-state index contributed by atoms with van der Waals surface area (Å²) in [4.78, 5) is 17.2. The van der Waals surface area contributed by atoms with Gasteiger partial charge in [-0.05, 0) is 65.6 Å². The maximum Gasteiger partial charge on any atom is 0.277 e. The Labute approximate surface area is 160 Å². The summed E-state index contributed by atoms with van der Waals surface area (Å²) in [5.41, 5.74) is 0.643. The Balaban J connectivity index is 1.90. The monoisotopic (exact) mass is 480 g/mol. The lowest BCUT2D eigenvalue weighted by Crippen LogP contribution is -2.26. The van der Waals surface area contributed by atoms with Gasteiger partial charge in [-0.15, -0.1) is 0 Å². The molecule has 2 aromatic carbocycles. The second kappa shape index (κ2) is 7.78. The number of anilines is 2. The van der Waals surface area contributed by atoms with E-state index >= 15 is 0 Å². The largest absolute Gasteiger partial charge is 0.350 e. The van der Waals surface area contributed by atoms with Crippen LogP contribution in [-0.4, -0.2) is 12.5 Å². The van der Waals surface area contributed by atoms with Gasteiger partial charge in [0.25, 0.3) is 5.91 Å².